The van der Waals surface area contributed by atoms with Crippen molar-refractivity contribution in [3.8, 4) is 5.88 Å². The molecule has 2 heterocycles. The Morgan fingerprint density at radius 2 is 2.00 bits per heavy atom. The van der Waals surface area contributed by atoms with Crippen LogP contribution in [-0.2, 0) is 6.61 Å². The van der Waals surface area contributed by atoms with Gasteiger partial charge in [0.1, 0.15) is 12.4 Å². The first kappa shape index (κ1) is 19.8. The van der Waals surface area contributed by atoms with Gasteiger partial charge in [-0.05, 0) is 25.1 Å². The fourth-order valence-corrected chi connectivity index (χ4v) is 3.19. The summed E-state index contributed by atoms with van der Waals surface area (Å²) in [4.78, 5) is 8.72. The van der Waals surface area contributed by atoms with Crippen LogP contribution in [0, 0.1) is 12.7 Å². The van der Waals surface area contributed by atoms with Crippen LogP contribution in [-0.4, -0.2) is 58.6 Å². The number of hydrogen-bond donors (Lipinski definition) is 1. The molecule has 0 bridgehead atoms. The summed E-state index contributed by atoms with van der Waals surface area (Å²) in [5, 5.41) is 13.2. The molecule has 28 heavy (non-hydrogen) atoms. The number of rotatable bonds is 6. The minimum Gasteiger partial charge on any atom is -0.472 e. The van der Waals surface area contributed by atoms with Crippen LogP contribution in [0.1, 0.15) is 16.8 Å². The van der Waals surface area contributed by atoms with Crippen molar-refractivity contribution in [2.45, 2.75) is 13.5 Å². The molecule has 0 amide bonds. The first-order valence-corrected chi connectivity index (χ1v) is 9.27. The molecule has 0 aliphatic carbocycles. The van der Waals surface area contributed by atoms with E-state index < -0.39 is 0 Å². The van der Waals surface area contributed by atoms with Crippen LogP contribution in [0.5, 0.6) is 5.88 Å². The zero-order valence-corrected chi connectivity index (χ0v) is 16.0. The molecule has 0 atom stereocenters. The molecule has 148 valence electrons. The van der Waals surface area contributed by atoms with Gasteiger partial charge < -0.3 is 14.8 Å². The number of aromatic nitrogens is 1. The van der Waals surface area contributed by atoms with Gasteiger partial charge >= 0.3 is 0 Å². The van der Waals surface area contributed by atoms with E-state index in [1.54, 1.807) is 18.2 Å². The Kier molecular flexibility index (Phi) is 6.60. The number of pyridine rings is 1. The van der Waals surface area contributed by atoms with Gasteiger partial charge in [-0.2, -0.15) is 0 Å². The number of amidine groups is 1. The third-order valence-electron chi connectivity index (χ3n) is 4.72. The molecule has 1 aliphatic rings. The lowest BCUT2D eigenvalue weighted by Crippen LogP contribution is -2.49. The lowest BCUT2D eigenvalue weighted by molar-refractivity contribution is 0.191. The smallest absolute Gasteiger partial charge is 0.225 e. The van der Waals surface area contributed by atoms with Gasteiger partial charge in [0, 0.05) is 44.0 Å². The molecular formula is C21H25FN4O2. The number of nitrogens with zero attached hydrogens (tertiary/aromatic N) is 4. The second kappa shape index (κ2) is 9.32. The molecule has 1 N–H and O–H groups in total. The van der Waals surface area contributed by atoms with E-state index in [0.717, 1.165) is 25.3 Å². The van der Waals surface area contributed by atoms with Gasteiger partial charge in [-0.25, -0.2) is 9.37 Å². The topological polar surface area (TPSA) is 61.2 Å². The van der Waals surface area contributed by atoms with E-state index >= 15 is 0 Å². The quantitative estimate of drug-likeness (QED) is 0.273. The second-order valence-corrected chi connectivity index (χ2v) is 6.69. The zero-order valence-electron chi connectivity index (χ0n) is 16.0. The van der Waals surface area contributed by atoms with E-state index in [4.69, 9.17) is 4.74 Å². The van der Waals surface area contributed by atoms with Gasteiger partial charge in [0.05, 0.1) is 5.56 Å². The molecule has 7 heteroatoms. The van der Waals surface area contributed by atoms with Gasteiger partial charge in [-0.1, -0.05) is 29.4 Å². The van der Waals surface area contributed by atoms with Gasteiger partial charge in [-0.3, -0.25) is 4.90 Å². The highest BCUT2D eigenvalue weighted by molar-refractivity contribution is 6.00. The van der Waals surface area contributed by atoms with Crippen LogP contribution >= 0.6 is 0 Å². The van der Waals surface area contributed by atoms with E-state index in [0.29, 0.717) is 35.9 Å². The number of benzene rings is 1. The van der Waals surface area contributed by atoms with Crippen LogP contribution in [0.25, 0.3) is 0 Å². The van der Waals surface area contributed by atoms with Crippen molar-refractivity contribution < 1.29 is 14.3 Å². The number of piperazine rings is 1. The average molecular weight is 384 g/mol. The minimum atomic E-state index is -0.328. The number of oxime groups is 1. The van der Waals surface area contributed by atoms with Crippen LogP contribution in [0.15, 0.2) is 54.2 Å². The highest BCUT2D eigenvalue weighted by Gasteiger charge is 2.24. The summed E-state index contributed by atoms with van der Waals surface area (Å²) in [7, 11) is 0. The molecule has 0 spiro atoms. The molecule has 0 radical (unpaired) electrons. The minimum absolute atomic E-state index is 0.0436. The average Bonchev–Trinajstić information content (AvgIpc) is 2.71. The highest BCUT2D eigenvalue weighted by Crippen LogP contribution is 2.22. The monoisotopic (exact) mass is 384 g/mol. The predicted molar refractivity (Wildman–Crippen MR) is 106 cm³/mol. The summed E-state index contributed by atoms with van der Waals surface area (Å²) < 4.78 is 19.7. The van der Waals surface area contributed by atoms with Crippen LogP contribution in [0.2, 0.25) is 0 Å². The summed E-state index contributed by atoms with van der Waals surface area (Å²) in [6, 6.07) is 10.1. The lowest BCUT2D eigenvalue weighted by Gasteiger charge is -2.35. The predicted octanol–water partition coefficient (Wildman–Crippen LogP) is 3.05. The van der Waals surface area contributed by atoms with E-state index in [1.165, 1.54) is 6.07 Å². The molecule has 1 aromatic carbocycles. The Morgan fingerprint density at radius 3 is 2.68 bits per heavy atom. The number of aryl methyl sites for hydroxylation is 1. The third-order valence-corrected chi connectivity index (χ3v) is 4.72. The lowest BCUT2D eigenvalue weighted by atomic mass is 10.2. The molecule has 0 saturated carbocycles. The van der Waals surface area contributed by atoms with Crippen LogP contribution < -0.4 is 4.74 Å². The SMILES string of the molecule is C=CCN1CCN(/C(=N\O)c2ccc(C)nc2OCc2ccccc2F)CC1. The van der Waals surface area contributed by atoms with Gasteiger partial charge in [0.25, 0.3) is 0 Å². The van der Waals surface area contributed by atoms with E-state index in [-0.39, 0.29) is 12.4 Å². The standard InChI is InChI=1S/C21H25FN4O2/c1-3-10-25-11-13-26(14-12-25)20(24-27)18-9-8-16(2)23-21(18)28-15-17-6-4-5-7-19(17)22/h3-9,27H,1,10-15H2,2H3/b24-20-. The summed E-state index contributed by atoms with van der Waals surface area (Å²) in [6.45, 7) is 9.62. The first-order valence-electron chi connectivity index (χ1n) is 9.27. The molecule has 2 aromatic rings. The molecule has 6 nitrogen and oxygen atoms in total. The van der Waals surface area contributed by atoms with E-state index in [1.807, 2.05) is 30.0 Å². The Morgan fingerprint density at radius 1 is 1.25 bits per heavy atom. The largest absolute Gasteiger partial charge is 0.472 e. The highest BCUT2D eigenvalue weighted by atomic mass is 19.1. The summed E-state index contributed by atoms with van der Waals surface area (Å²) in [5.74, 6) is 0.407. The van der Waals surface area contributed by atoms with Gasteiger partial charge in [0.15, 0.2) is 5.84 Å². The van der Waals surface area contributed by atoms with Crippen LogP contribution in [0.3, 0.4) is 0 Å². The van der Waals surface area contributed by atoms with E-state index in [9.17, 15) is 9.60 Å². The summed E-state index contributed by atoms with van der Waals surface area (Å²) in [6.07, 6.45) is 1.88. The molecule has 1 saturated heterocycles. The fourth-order valence-electron chi connectivity index (χ4n) is 3.19. The maximum absolute atomic E-state index is 13.9. The number of halogens is 1. The molecule has 1 fully saturated rings. The van der Waals surface area contributed by atoms with E-state index in [2.05, 4.69) is 21.6 Å². The fraction of sp³-hybridized carbons (Fsp3) is 0.333. The number of ether oxygens (including phenoxy) is 1. The van der Waals surface area contributed by atoms with Gasteiger partial charge in [0.2, 0.25) is 5.88 Å². The van der Waals surface area contributed by atoms with Crippen LogP contribution in [0.4, 0.5) is 4.39 Å². The van der Waals surface area contributed by atoms with Gasteiger partial charge in [-0.15, -0.1) is 6.58 Å². The van der Waals surface area contributed by atoms with Crippen molar-refractivity contribution in [1.82, 2.24) is 14.8 Å². The summed E-state index contributed by atoms with van der Waals surface area (Å²) in [5.41, 5.74) is 1.79. The second-order valence-electron chi connectivity index (χ2n) is 6.69. The van der Waals surface area contributed by atoms with Crippen molar-refractivity contribution in [2.24, 2.45) is 5.16 Å². The van der Waals surface area contributed by atoms with Crippen molar-refractivity contribution in [3.05, 3.63) is 71.7 Å². The Bertz CT molecular complexity index is 848. The molecular weight excluding hydrogens is 359 g/mol. The van der Waals surface area contributed by atoms with Crippen molar-refractivity contribution >= 4 is 5.84 Å². The van der Waals surface area contributed by atoms with Crippen molar-refractivity contribution in [2.75, 3.05) is 32.7 Å². The molecule has 0 unspecified atom stereocenters. The third kappa shape index (κ3) is 4.67. The number of hydrogen-bond acceptors (Lipinski definition) is 5. The Hall–Kier alpha value is -2.93. The molecule has 1 aromatic heterocycles. The first-order chi connectivity index (χ1) is 13.6. The van der Waals surface area contributed by atoms with Crippen molar-refractivity contribution in [1.29, 1.82) is 0 Å². The normalized spacial score (nSPS) is 15.5. The molecule has 3 rings (SSSR count). The Balaban J connectivity index is 1.79. The summed E-state index contributed by atoms with van der Waals surface area (Å²) >= 11 is 0. The zero-order chi connectivity index (χ0) is 19.9. The van der Waals surface area contributed by atoms with Crippen molar-refractivity contribution in [3.63, 3.8) is 0 Å². The maximum Gasteiger partial charge on any atom is 0.225 e. The molecule has 1 aliphatic heterocycles. The maximum atomic E-state index is 13.9. The Labute approximate surface area is 164 Å².